The third-order valence-electron chi connectivity index (χ3n) is 6.00. The summed E-state index contributed by atoms with van der Waals surface area (Å²) >= 11 is 0. The number of benzene rings is 1. The molecule has 0 spiro atoms. The number of aryl methyl sites for hydroxylation is 1. The minimum Gasteiger partial charge on any atom is -0.337 e. The van der Waals surface area contributed by atoms with Gasteiger partial charge in [0.15, 0.2) is 11.5 Å². The van der Waals surface area contributed by atoms with Crippen molar-refractivity contribution in [3.8, 4) is 5.82 Å². The van der Waals surface area contributed by atoms with E-state index >= 15 is 0 Å². The quantitative estimate of drug-likeness (QED) is 0.402. The molecule has 0 atom stereocenters. The van der Waals surface area contributed by atoms with Crippen molar-refractivity contribution in [3.63, 3.8) is 0 Å². The summed E-state index contributed by atoms with van der Waals surface area (Å²) in [6.45, 7) is 1.61. The highest BCUT2D eigenvalue weighted by atomic mass is 19.4. The number of fused-ring (bicyclic) bond motifs is 1. The van der Waals surface area contributed by atoms with Gasteiger partial charge in [-0.3, -0.25) is 4.79 Å². The highest BCUT2D eigenvalue weighted by Gasteiger charge is 2.34. The fourth-order valence-corrected chi connectivity index (χ4v) is 4.17. The van der Waals surface area contributed by atoms with E-state index in [-0.39, 0.29) is 23.9 Å². The highest BCUT2D eigenvalue weighted by molar-refractivity contribution is 6.06. The van der Waals surface area contributed by atoms with E-state index in [1.54, 1.807) is 42.1 Å². The molecule has 6 nitrogen and oxygen atoms in total. The van der Waals surface area contributed by atoms with E-state index in [1.807, 2.05) is 6.07 Å². The molecule has 9 heteroatoms. The molecule has 0 unspecified atom stereocenters. The van der Waals surface area contributed by atoms with Crippen molar-refractivity contribution in [1.29, 1.82) is 0 Å². The molecule has 4 aromatic rings. The van der Waals surface area contributed by atoms with E-state index in [9.17, 15) is 18.0 Å². The van der Waals surface area contributed by atoms with Crippen LogP contribution >= 0.6 is 0 Å². The van der Waals surface area contributed by atoms with Gasteiger partial charge in [0, 0.05) is 31.4 Å². The maximum absolute atomic E-state index is 13.6. The van der Waals surface area contributed by atoms with Gasteiger partial charge in [-0.15, -0.1) is 0 Å². The van der Waals surface area contributed by atoms with Crippen molar-refractivity contribution in [2.24, 2.45) is 0 Å². The Kier molecular flexibility index (Phi) is 5.34. The van der Waals surface area contributed by atoms with Crippen LogP contribution in [0.15, 0.2) is 54.7 Å². The molecule has 174 valence electrons. The van der Waals surface area contributed by atoms with Crippen molar-refractivity contribution < 1.29 is 18.0 Å². The first kappa shape index (κ1) is 22.1. The number of alkyl halides is 3. The third kappa shape index (κ3) is 4.02. The van der Waals surface area contributed by atoms with Gasteiger partial charge in [0.05, 0.1) is 22.2 Å². The van der Waals surface area contributed by atoms with Gasteiger partial charge in [0.1, 0.15) is 0 Å². The minimum atomic E-state index is -4.50. The smallest absolute Gasteiger partial charge is 0.337 e. The molecule has 0 N–H and O–H groups in total. The van der Waals surface area contributed by atoms with Gasteiger partial charge in [0.2, 0.25) is 0 Å². The second-order valence-corrected chi connectivity index (χ2v) is 8.57. The molecule has 1 fully saturated rings. The molecule has 34 heavy (non-hydrogen) atoms. The lowest BCUT2D eigenvalue weighted by Crippen LogP contribution is -2.28. The molecular formula is C25H22F3N5O. The highest BCUT2D eigenvalue weighted by Crippen LogP contribution is 2.41. The average molecular weight is 465 g/mol. The fraction of sp³-hybridized carbons (Fsp3) is 0.280. The first-order valence-electron chi connectivity index (χ1n) is 11.0. The number of pyridine rings is 2. The number of hydrogen-bond donors (Lipinski definition) is 0. The van der Waals surface area contributed by atoms with Crippen molar-refractivity contribution in [1.82, 2.24) is 24.6 Å². The maximum atomic E-state index is 13.6. The van der Waals surface area contributed by atoms with Gasteiger partial charge in [0.25, 0.3) is 5.91 Å². The summed E-state index contributed by atoms with van der Waals surface area (Å²) < 4.78 is 42.0. The summed E-state index contributed by atoms with van der Waals surface area (Å²) in [6.07, 6.45) is -0.875. The molecule has 0 saturated heterocycles. The van der Waals surface area contributed by atoms with E-state index < -0.39 is 11.7 Å². The van der Waals surface area contributed by atoms with E-state index in [4.69, 9.17) is 4.98 Å². The third-order valence-corrected chi connectivity index (χ3v) is 6.00. The molecule has 1 amide bonds. The first-order chi connectivity index (χ1) is 16.2. The van der Waals surface area contributed by atoms with Crippen LogP contribution in [-0.2, 0) is 12.7 Å². The molecule has 0 bridgehead atoms. The Morgan fingerprint density at radius 1 is 1.15 bits per heavy atom. The standard InChI is InChI=1S/C25H22F3N5O/c1-15-22-18(24(34)32(2)14-17-7-3-4-8-19(17)25(26,27)28)13-20(16-10-11-16)30-23(22)33(31-15)21-9-5-6-12-29-21/h3-9,12-13,16H,10-11,14H2,1-2H3. The lowest BCUT2D eigenvalue weighted by atomic mass is 10.0. The fourth-order valence-electron chi connectivity index (χ4n) is 4.17. The average Bonchev–Trinajstić information content (AvgIpc) is 3.62. The summed E-state index contributed by atoms with van der Waals surface area (Å²) in [5.74, 6) is 0.460. The summed E-state index contributed by atoms with van der Waals surface area (Å²) in [5.41, 5.74) is 1.60. The van der Waals surface area contributed by atoms with E-state index in [0.717, 1.165) is 24.6 Å². The number of nitrogens with zero attached hydrogens (tertiary/aromatic N) is 5. The molecule has 1 saturated carbocycles. The monoisotopic (exact) mass is 465 g/mol. The number of amides is 1. The van der Waals surface area contributed by atoms with Crippen LogP contribution < -0.4 is 0 Å². The Labute approximate surface area is 194 Å². The zero-order chi connectivity index (χ0) is 24.0. The van der Waals surface area contributed by atoms with Crippen molar-refractivity contribution in [3.05, 3.63) is 82.8 Å². The van der Waals surface area contributed by atoms with Crippen LogP contribution in [-0.4, -0.2) is 37.6 Å². The van der Waals surface area contributed by atoms with Gasteiger partial charge in [-0.1, -0.05) is 24.3 Å². The predicted molar refractivity (Wildman–Crippen MR) is 121 cm³/mol. The number of carbonyl (C=O) groups excluding carboxylic acids is 1. The molecule has 3 aromatic heterocycles. The second kappa shape index (κ2) is 8.23. The molecule has 5 rings (SSSR count). The van der Waals surface area contributed by atoms with E-state index in [0.29, 0.717) is 28.1 Å². The van der Waals surface area contributed by atoms with Crippen LogP contribution in [0, 0.1) is 6.92 Å². The van der Waals surface area contributed by atoms with Gasteiger partial charge < -0.3 is 4.90 Å². The number of hydrogen-bond acceptors (Lipinski definition) is 4. The van der Waals surface area contributed by atoms with Crippen LogP contribution in [0.1, 0.15) is 51.6 Å². The summed E-state index contributed by atoms with van der Waals surface area (Å²) in [7, 11) is 1.51. The Bertz CT molecular complexity index is 1380. The molecular weight excluding hydrogens is 443 g/mol. The lowest BCUT2D eigenvalue weighted by Gasteiger charge is -2.21. The SMILES string of the molecule is Cc1nn(-c2ccccn2)c2nc(C3CC3)cc(C(=O)N(C)Cc3ccccc3C(F)(F)F)c12. The summed E-state index contributed by atoms with van der Waals surface area (Å²) in [6, 6.07) is 12.5. The van der Waals surface area contributed by atoms with Crippen LogP contribution in [0.3, 0.4) is 0 Å². The van der Waals surface area contributed by atoms with Gasteiger partial charge in [-0.2, -0.15) is 23.0 Å². The molecule has 3 heterocycles. The van der Waals surface area contributed by atoms with Crippen LogP contribution in [0.25, 0.3) is 16.9 Å². The Morgan fingerprint density at radius 3 is 2.56 bits per heavy atom. The maximum Gasteiger partial charge on any atom is 0.416 e. The zero-order valence-corrected chi connectivity index (χ0v) is 18.7. The molecule has 0 radical (unpaired) electrons. The largest absolute Gasteiger partial charge is 0.416 e. The number of rotatable bonds is 5. The molecule has 1 aromatic carbocycles. The number of aromatic nitrogens is 4. The van der Waals surface area contributed by atoms with Crippen molar-refractivity contribution >= 4 is 16.9 Å². The second-order valence-electron chi connectivity index (χ2n) is 8.57. The molecule has 1 aliphatic carbocycles. The Hall–Kier alpha value is -3.75. The van der Waals surface area contributed by atoms with E-state index in [2.05, 4.69) is 10.1 Å². The van der Waals surface area contributed by atoms with Crippen molar-refractivity contribution in [2.75, 3.05) is 7.05 Å². The lowest BCUT2D eigenvalue weighted by molar-refractivity contribution is -0.138. The van der Waals surface area contributed by atoms with Crippen LogP contribution in [0.5, 0.6) is 0 Å². The van der Waals surface area contributed by atoms with Crippen LogP contribution in [0.2, 0.25) is 0 Å². The Balaban J connectivity index is 1.58. The predicted octanol–water partition coefficient (Wildman–Crippen LogP) is 5.29. The molecule has 0 aliphatic heterocycles. The number of carbonyl (C=O) groups is 1. The zero-order valence-electron chi connectivity index (χ0n) is 18.7. The van der Waals surface area contributed by atoms with E-state index in [1.165, 1.54) is 24.1 Å². The van der Waals surface area contributed by atoms with Crippen molar-refractivity contribution in [2.45, 2.75) is 38.4 Å². The van der Waals surface area contributed by atoms with Gasteiger partial charge in [-0.25, -0.2) is 9.97 Å². The summed E-state index contributed by atoms with van der Waals surface area (Å²) in [4.78, 5) is 24.1. The Morgan fingerprint density at radius 2 is 1.88 bits per heavy atom. The molecule has 1 aliphatic rings. The minimum absolute atomic E-state index is 0.0412. The topological polar surface area (TPSA) is 63.9 Å². The van der Waals surface area contributed by atoms with Crippen LogP contribution in [0.4, 0.5) is 13.2 Å². The summed E-state index contributed by atoms with van der Waals surface area (Å²) in [5, 5.41) is 5.17. The normalized spacial score (nSPS) is 13.9. The first-order valence-corrected chi connectivity index (χ1v) is 11.0. The number of halogens is 3. The van der Waals surface area contributed by atoms with Gasteiger partial charge >= 0.3 is 6.18 Å². The van der Waals surface area contributed by atoms with Gasteiger partial charge in [-0.05, 0) is 49.6 Å².